The number of amides is 1. The second-order valence-electron chi connectivity index (χ2n) is 7.36. The minimum atomic E-state index is 0.129. The first-order valence-electron chi connectivity index (χ1n) is 10.8. The molecule has 0 aliphatic carbocycles. The SMILES string of the molecule is CCCC(=O)NCCCc1nc2ccccc2n1CCCCOc1ccccc1Cl. The van der Waals surface area contributed by atoms with Crippen molar-refractivity contribution in [2.75, 3.05) is 13.2 Å². The lowest BCUT2D eigenvalue weighted by Gasteiger charge is -2.11. The van der Waals surface area contributed by atoms with E-state index in [0.29, 0.717) is 24.6 Å². The van der Waals surface area contributed by atoms with Crippen LogP contribution in [0.25, 0.3) is 11.0 Å². The molecule has 2 aromatic carbocycles. The number of unbranched alkanes of at least 4 members (excludes halogenated alkanes) is 1. The second-order valence-corrected chi connectivity index (χ2v) is 7.77. The maximum absolute atomic E-state index is 11.6. The van der Waals surface area contributed by atoms with Gasteiger partial charge in [0.1, 0.15) is 11.6 Å². The van der Waals surface area contributed by atoms with Crippen molar-refractivity contribution in [1.82, 2.24) is 14.9 Å². The number of para-hydroxylation sites is 3. The molecule has 3 rings (SSSR count). The van der Waals surface area contributed by atoms with E-state index in [0.717, 1.165) is 61.3 Å². The molecule has 1 heterocycles. The zero-order valence-corrected chi connectivity index (χ0v) is 18.3. The molecule has 1 aromatic heterocycles. The number of aryl methyl sites for hydroxylation is 2. The monoisotopic (exact) mass is 427 g/mol. The highest BCUT2D eigenvalue weighted by molar-refractivity contribution is 6.32. The average Bonchev–Trinajstić information content (AvgIpc) is 3.10. The Kier molecular flexibility index (Phi) is 8.57. The maximum Gasteiger partial charge on any atom is 0.219 e. The summed E-state index contributed by atoms with van der Waals surface area (Å²) in [6.07, 6.45) is 5.12. The van der Waals surface area contributed by atoms with Gasteiger partial charge in [-0.1, -0.05) is 42.8 Å². The third kappa shape index (κ3) is 6.23. The molecule has 0 aliphatic heterocycles. The van der Waals surface area contributed by atoms with Gasteiger partial charge in [0.25, 0.3) is 0 Å². The number of aromatic nitrogens is 2. The van der Waals surface area contributed by atoms with E-state index < -0.39 is 0 Å². The normalized spacial score (nSPS) is 11.0. The summed E-state index contributed by atoms with van der Waals surface area (Å²) >= 11 is 6.14. The summed E-state index contributed by atoms with van der Waals surface area (Å²) in [5.41, 5.74) is 2.18. The molecule has 5 nitrogen and oxygen atoms in total. The molecule has 6 heteroatoms. The molecule has 0 atom stereocenters. The van der Waals surface area contributed by atoms with E-state index in [1.165, 1.54) is 0 Å². The van der Waals surface area contributed by atoms with Gasteiger partial charge < -0.3 is 14.6 Å². The Morgan fingerprint density at radius 3 is 2.73 bits per heavy atom. The molecule has 160 valence electrons. The van der Waals surface area contributed by atoms with Crippen molar-refractivity contribution < 1.29 is 9.53 Å². The number of benzene rings is 2. The van der Waals surface area contributed by atoms with E-state index in [4.69, 9.17) is 21.3 Å². The third-order valence-corrected chi connectivity index (χ3v) is 5.29. The van der Waals surface area contributed by atoms with Crippen LogP contribution in [0.5, 0.6) is 5.75 Å². The lowest BCUT2D eigenvalue weighted by Crippen LogP contribution is -2.24. The molecule has 0 aliphatic rings. The molecular formula is C24H30ClN3O2. The van der Waals surface area contributed by atoms with E-state index in [2.05, 4.69) is 28.1 Å². The Balaban J connectivity index is 1.52. The van der Waals surface area contributed by atoms with E-state index >= 15 is 0 Å². The van der Waals surface area contributed by atoms with Gasteiger partial charge in [-0.05, 0) is 49.9 Å². The molecule has 30 heavy (non-hydrogen) atoms. The van der Waals surface area contributed by atoms with Crippen molar-refractivity contribution in [2.24, 2.45) is 0 Å². The number of rotatable bonds is 12. The number of nitrogens with zero attached hydrogens (tertiary/aromatic N) is 2. The number of nitrogens with one attached hydrogen (secondary N) is 1. The summed E-state index contributed by atoms with van der Waals surface area (Å²) in [5, 5.41) is 3.63. The molecule has 0 saturated carbocycles. The number of carbonyl (C=O) groups is 1. The van der Waals surface area contributed by atoms with Crippen LogP contribution in [0, 0.1) is 0 Å². The Bertz CT molecular complexity index is 955. The number of halogens is 1. The first-order valence-corrected chi connectivity index (χ1v) is 11.1. The molecular weight excluding hydrogens is 398 g/mol. The molecule has 0 fully saturated rings. The molecule has 0 unspecified atom stereocenters. The molecule has 0 spiro atoms. The number of imidazole rings is 1. The zero-order chi connectivity index (χ0) is 21.2. The van der Waals surface area contributed by atoms with Crippen molar-refractivity contribution in [3.63, 3.8) is 0 Å². The predicted molar refractivity (Wildman–Crippen MR) is 122 cm³/mol. The van der Waals surface area contributed by atoms with Crippen LogP contribution in [0.15, 0.2) is 48.5 Å². The van der Waals surface area contributed by atoms with Gasteiger partial charge in [-0.15, -0.1) is 0 Å². The Morgan fingerprint density at radius 1 is 1.10 bits per heavy atom. The minimum Gasteiger partial charge on any atom is -0.492 e. The highest BCUT2D eigenvalue weighted by Crippen LogP contribution is 2.23. The van der Waals surface area contributed by atoms with Gasteiger partial charge in [-0.2, -0.15) is 0 Å². The molecule has 0 saturated heterocycles. The van der Waals surface area contributed by atoms with Crippen molar-refractivity contribution >= 4 is 28.5 Å². The highest BCUT2D eigenvalue weighted by Gasteiger charge is 2.10. The van der Waals surface area contributed by atoms with Crippen LogP contribution in [-0.2, 0) is 17.8 Å². The number of ether oxygens (including phenoxy) is 1. The van der Waals surface area contributed by atoms with Crippen molar-refractivity contribution in [2.45, 2.75) is 52.0 Å². The number of carbonyl (C=O) groups excluding carboxylic acids is 1. The summed E-state index contributed by atoms with van der Waals surface area (Å²) in [5.74, 6) is 1.94. The number of hydrogen-bond acceptors (Lipinski definition) is 3. The summed E-state index contributed by atoms with van der Waals surface area (Å²) in [6.45, 7) is 4.23. The van der Waals surface area contributed by atoms with Crippen LogP contribution >= 0.6 is 11.6 Å². The third-order valence-electron chi connectivity index (χ3n) is 4.98. The van der Waals surface area contributed by atoms with Gasteiger partial charge in [-0.25, -0.2) is 4.98 Å². The Labute approximate surface area is 183 Å². The maximum atomic E-state index is 11.6. The van der Waals surface area contributed by atoms with Crippen molar-refractivity contribution in [3.8, 4) is 5.75 Å². The summed E-state index contributed by atoms with van der Waals surface area (Å²) < 4.78 is 8.10. The van der Waals surface area contributed by atoms with E-state index in [9.17, 15) is 4.79 Å². The standard InChI is InChI=1S/C24H30ClN3O2/c1-2-10-24(29)26-16-9-15-23-27-20-12-4-5-13-21(20)28(23)17-7-8-18-30-22-14-6-3-11-19(22)25/h3-6,11-14H,2,7-10,15-18H2,1H3,(H,26,29). The lowest BCUT2D eigenvalue weighted by molar-refractivity contribution is -0.121. The van der Waals surface area contributed by atoms with Gasteiger partial charge >= 0.3 is 0 Å². The average molecular weight is 428 g/mol. The topological polar surface area (TPSA) is 56.2 Å². The molecule has 0 bridgehead atoms. The van der Waals surface area contributed by atoms with Crippen LogP contribution in [0.3, 0.4) is 0 Å². The van der Waals surface area contributed by atoms with Gasteiger partial charge in [-0.3, -0.25) is 4.79 Å². The quantitative estimate of drug-likeness (QED) is 0.394. The zero-order valence-electron chi connectivity index (χ0n) is 17.6. The van der Waals surface area contributed by atoms with Crippen molar-refractivity contribution in [3.05, 3.63) is 59.4 Å². The second kappa shape index (κ2) is 11.6. The minimum absolute atomic E-state index is 0.129. The number of hydrogen-bond donors (Lipinski definition) is 1. The molecule has 1 amide bonds. The molecule has 0 radical (unpaired) electrons. The highest BCUT2D eigenvalue weighted by atomic mass is 35.5. The van der Waals surface area contributed by atoms with E-state index in [1.54, 1.807) is 0 Å². The van der Waals surface area contributed by atoms with E-state index in [-0.39, 0.29) is 5.91 Å². The molecule has 3 aromatic rings. The van der Waals surface area contributed by atoms with Crippen LogP contribution in [0.4, 0.5) is 0 Å². The van der Waals surface area contributed by atoms with Gasteiger partial charge in [0.05, 0.1) is 22.7 Å². The van der Waals surface area contributed by atoms with Gasteiger partial charge in [0.2, 0.25) is 5.91 Å². The predicted octanol–water partition coefficient (Wildman–Crippen LogP) is 5.40. The summed E-state index contributed by atoms with van der Waals surface area (Å²) in [6, 6.07) is 15.8. The smallest absolute Gasteiger partial charge is 0.219 e. The first kappa shape index (κ1) is 22.2. The summed E-state index contributed by atoms with van der Waals surface area (Å²) in [4.78, 5) is 16.5. The van der Waals surface area contributed by atoms with Gasteiger partial charge in [0, 0.05) is 25.9 Å². The number of fused-ring (bicyclic) bond motifs is 1. The first-order chi connectivity index (χ1) is 14.7. The lowest BCUT2D eigenvalue weighted by atomic mass is 10.2. The summed E-state index contributed by atoms with van der Waals surface area (Å²) in [7, 11) is 0. The van der Waals surface area contributed by atoms with Crippen LogP contribution in [0.2, 0.25) is 5.02 Å². The van der Waals surface area contributed by atoms with Gasteiger partial charge in [0.15, 0.2) is 0 Å². The van der Waals surface area contributed by atoms with Crippen LogP contribution in [-0.4, -0.2) is 28.6 Å². The fourth-order valence-corrected chi connectivity index (χ4v) is 3.66. The van der Waals surface area contributed by atoms with Crippen LogP contribution < -0.4 is 10.1 Å². The molecule has 1 N–H and O–H groups in total. The Hall–Kier alpha value is -2.53. The fraction of sp³-hybridized carbons (Fsp3) is 0.417. The fourth-order valence-electron chi connectivity index (χ4n) is 3.47. The van der Waals surface area contributed by atoms with Crippen molar-refractivity contribution in [1.29, 1.82) is 0 Å². The largest absolute Gasteiger partial charge is 0.492 e. The Morgan fingerprint density at radius 2 is 1.90 bits per heavy atom. The van der Waals surface area contributed by atoms with E-state index in [1.807, 2.05) is 37.3 Å². The van der Waals surface area contributed by atoms with Crippen LogP contribution in [0.1, 0.15) is 44.9 Å².